The molecule has 0 aliphatic carbocycles. The number of ether oxygens (including phenoxy) is 1. The highest BCUT2D eigenvalue weighted by atomic mass is 32.2. The van der Waals surface area contributed by atoms with E-state index in [0.29, 0.717) is 25.3 Å². The molecule has 5 rings (SSSR count). The first-order chi connectivity index (χ1) is 17.0. The summed E-state index contributed by atoms with van der Waals surface area (Å²) in [7, 11) is -2.38. The van der Waals surface area contributed by atoms with Crippen LogP contribution in [0.1, 0.15) is 16.9 Å². The number of hydrogen-bond donors (Lipinski definition) is 0. The molecule has 3 aromatic carbocycles. The van der Waals surface area contributed by atoms with E-state index in [1.54, 1.807) is 41.5 Å². The molecule has 180 valence electrons. The number of rotatable bonds is 8. The first kappa shape index (κ1) is 23.5. The second-order valence-electron chi connectivity index (χ2n) is 8.55. The Morgan fingerprint density at radius 2 is 1.80 bits per heavy atom. The molecule has 4 aromatic rings. The molecule has 0 unspecified atom stereocenters. The Balaban J connectivity index is 1.51. The molecule has 0 bridgehead atoms. The SMILES string of the molecule is COc1ccc2ccc(S(=O)(=O)N(Cc3ccccc3)[C@H]3CCN(Cc4cccs4)C3=O)cc2c1. The summed E-state index contributed by atoms with van der Waals surface area (Å²) >= 11 is 1.59. The molecule has 1 atom stereocenters. The number of carbonyl (C=O) groups is 1. The number of benzene rings is 3. The van der Waals surface area contributed by atoms with E-state index in [1.165, 1.54) is 4.31 Å². The van der Waals surface area contributed by atoms with Gasteiger partial charge in [0.05, 0.1) is 18.6 Å². The van der Waals surface area contributed by atoms with Crippen LogP contribution in [0.25, 0.3) is 10.8 Å². The molecule has 1 saturated heterocycles. The minimum Gasteiger partial charge on any atom is -0.497 e. The molecule has 8 heteroatoms. The summed E-state index contributed by atoms with van der Waals surface area (Å²) < 4.78 is 34.7. The Labute approximate surface area is 209 Å². The fourth-order valence-electron chi connectivity index (χ4n) is 4.49. The van der Waals surface area contributed by atoms with Crippen LogP contribution in [0.4, 0.5) is 0 Å². The lowest BCUT2D eigenvalue weighted by molar-refractivity contribution is -0.131. The summed E-state index contributed by atoms with van der Waals surface area (Å²) in [6.07, 6.45) is 0.456. The average molecular weight is 507 g/mol. The maximum atomic E-state index is 14.0. The van der Waals surface area contributed by atoms with Crippen molar-refractivity contribution in [2.75, 3.05) is 13.7 Å². The largest absolute Gasteiger partial charge is 0.497 e. The number of nitrogens with zero attached hydrogens (tertiary/aromatic N) is 2. The van der Waals surface area contributed by atoms with Crippen LogP contribution in [0.15, 0.2) is 89.1 Å². The summed E-state index contributed by atoms with van der Waals surface area (Å²) in [6, 6.07) is 23.3. The van der Waals surface area contributed by atoms with Crippen molar-refractivity contribution in [3.05, 3.63) is 94.7 Å². The van der Waals surface area contributed by atoms with Gasteiger partial charge in [-0.25, -0.2) is 8.42 Å². The minimum absolute atomic E-state index is 0.128. The number of likely N-dealkylation sites (tertiary alicyclic amines) is 1. The van der Waals surface area contributed by atoms with E-state index in [2.05, 4.69) is 0 Å². The molecule has 1 aliphatic rings. The third kappa shape index (κ3) is 4.82. The van der Waals surface area contributed by atoms with Gasteiger partial charge in [-0.3, -0.25) is 4.79 Å². The van der Waals surface area contributed by atoms with Crippen molar-refractivity contribution in [1.82, 2.24) is 9.21 Å². The van der Waals surface area contributed by atoms with Crippen LogP contribution in [0.3, 0.4) is 0 Å². The zero-order valence-corrected chi connectivity index (χ0v) is 21.0. The summed E-state index contributed by atoms with van der Waals surface area (Å²) in [5.74, 6) is 0.503. The second kappa shape index (κ2) is 9.81. The molecule has 0 spiro atoms. The first-order valence-corrected chi connectivity index (χ1v) is 13.7. The van der Waals surface area contributed by atoms with Crippen molar-refractivity contribution in [1.29, 1.82) is 0 Å². The van der Waals surface area contributed by atoms with Crippen LogP contribution >= 0.6 is 11.3 Å². The molecule has 1 fully saturated rings. The van der Waals surface area contributed by atoms with Gasteiger partial charge in [0.25, 0.3) is 0 Å². The molecule has 1 aromatic heterocycles. The lowest BCUT2D eigenvalue weighted by Crippen LogP contribution is -2.44. The van der Waals surface area contributed by atoms with Crippen molar-refractivity contribution in [3.8, 4) is 5.75 Å². The predicted molar refractivity (Wildman–Crippen MR) is 138 cm³/mol. The lowest BCUT2D eigenvalue weighted by atomic mass is 10.1. The quantitative estimate of drug-likeness (QED) is 0.341. The first-order valence-electron chi connectivity index (χ1n) is 11.4. The van der Waals surface area contributed by atoms with Gasteiger partial charge in [0.1, 0.15) is 11.8 Å². The van der Waals surface area contributed by atoms with E-state index in [0.717, 1.165) is 21.2 Å². The summed E-state index contributed by atoms with van der Waals surface area (Å²) in [4.78, 5) is 16.5. The number of methoxy groups -OCH3 is 1. The fraction of sp³-hybridized carbons (Fsp3) is 0.222. The smallest absolute Gasteiger partial charge is 0.244 e. The molecule has 35 heavy (non-hydrogen) atoms. The van der Waals surface area contributed by atoms with Gasteiger partial charge in [-0.2, -0.15) is 4.31 Å². The predicted octanol–water partition coefficient (Wildman–Crippen LogP) is 4.90. The normalized spacial score (nSPS) is 16.3. The Kier molecular flexibility index (Phi) is 6.60. The number of carbonyl (C=O) groups excluding carboxylic acids is 1. The van der Waals surface area contributed by atoms with Gasteiger partial charge in [-0.1, -0.05) is 48.5 Å². The van der Waals surface area contributed by atoms with Gasteiger partial charge in [-0.05, 0) is 58.5 Å². The second-order valence-corrected chi connectivity index (χ2v) is 11.5. The summed E-state index contributed by atoms with van der Waals surface area (Å²) in [5, 5.41) is 3.66. The molecule has 2 heterocycles. The van der Waals surface area contributed by atoms with E-state index >= 15 is 0 Å². The van der Waals surface area contributed by atoms with Crippen molar-refractivity contribution in [3.63, 3.8) is 0 Å². The molecule has 0 radical (unpaired) electrons. The van der Waals surface area contributed by atoms with E-state index in [4.69, 9.17) is 4.74 Å². The van der Waals surface area contributed by atoms with Crippen LogP contribution in [-0.2, 0) is 27.9 Å². The highest BCUT2D eigenvalue weighted by Crippen LogP contribution is 2.30. The van der Waals surface area contributed by atoms with Crippen LogP contribution in [-0.4, -0.2) is 43.2 Å². The maximum absolute atomic E-state index is 14.0. The molecular formula is C27H26N2O4S2. The Morgan fingerprint density at radius 3 is 2.54 bits per heavy atom. The molecule has 0 saturated carbocycles. The van der Waals surface area contributed by atoms with Crippen LogP contribution in [0.5, 0.6) is 5.75 Å². The van der Waals surface area contributed by atoms with Crippen molar-refractivity contribution < 1.29 is 17.9 Å². The highest BCUT2D eigenvalue weighted by Gasteiger charge is 2.42. The van der Waals surface area contributed by atoms with Gasteiger partial charge in [-0.15, -0.1) is 11.3 Å². The molecule has 6 nitrogen and oxygen atoms in total. The monoisotopic (exact) mass is 506 g/mol. The third-order valence-electron chi connectivity index (χ3n) is 6.35. The fourth-order valence-corrected chi connectivity index (χ4v) is 6.84. The van der Waals surface area contributed by atoms with E-state index in [9.17, 15) is 13.2 Å². The van der Waals surface area contributed by atoms with Crippen LogP contribution in [0, 0.1) is 0 Å². The van der Waals surface area contributed by atoms with Gasteiger partial charge in [0, 0.05) is 18.0 Å². The molecule has 1 aliphatic heterocycles. The zero-order valence-electron chi connectivity index (χ0n) is 19.3. The topological polar surface area (TPSA) is 66.9 Å². The molecular weight excluding hydrogens is 480 g/mol. The highest BCUT2D eigenvalue weighted by molar-refractivity contribution is 7.89. The Hall–Kier alpha value is -3.20. The van der Waals surface area contributed by atoms with Crippen LogP contribution in [0.2, 0.25) is 0 Å². The summed E-state index contributed by atoms with van der Waals surface area (Å²) in [5.41, 5.74) is 0.836. The number of fused-ring (bicyclic) bond motifs is 1. The van der Waals surface area contributed by atoms with Crippen LogP contribution < -0.4 is 4.74 Å². The average Bonchev–Trinajstić information content (AvgIpc) is 3.52. The van der Waals surface area contributed by atoms with Gasteiger partial charge < -0.3 is 9.64 Å². The zero-order chi connectivity index (χ0) is 24.4. The van der Waals surface area contributed by atoms with E-state index < -0.39 is 16.1 Å². The van der Waals surface area contributed by atoms with Gasteiger partial charge >= 0.3 is 0 Å². The van der Waals surface area contributed by atoms with Crippen molar-refractivity contribution in [2.45, 2.75) is 30.4 Å². The lowest BCUT2D eigenvalue weighted by Gasteiger charge is -2.27. The van der Waals surface area contributed by atoms with E-state index in [-0.39, 0.29) is 17.3 Å². The number of hydrogen-bond acceptors (Lipinski definition) is 5. The Morgan fingerprint density at radius 1 is 1.00 bits per heavy atom. The maximum Gasteiger partial charge on any atom is 0.244 e. The minimum atomic E-state index is -3.96. The third-order valence-corrected chi connectivity index (χ3v) is 9.06. The summed E-state index contributed by atoms with van der Waals surface area (Å²) in [6.45, 7) is 1.15. The Bertz CT molecular complexity index is 1440. The van der Waals surface area contributed by atoms with Crippen molar-refractivity contribution in [2.24, 2.45) is 0 Å². The molecule has 0 N–H and O–H groups in total. The number of thiophene rings is 1. The number of sulfonamides is 1. The van der Waals surface area contributed by atoms with E-state index in [1.807, 2.05) is 66.0 Å². The number of amides is 1. The standard InChI is InChI=1S/C27H26N2O4S2/c1-33-23-11-9-21-10-12-25(17-22(21)16-23)35(31,32)29(18-20-6-3-2-4-7-20)26-13-14-28(27(26)30)19-24-8-5-15-34-24/h2-12,15-17,26H,13-14,18-19H2,1H3/t26-/m0/s1. The van der Waals surface area contributed by atoms with Gasteiger partial charge in [0.2, 0.25) is 15.9 Å². The molecule has 1 amide bonds. The van der Waals surface area contributed by atoms with Crippen molar-refractivity contribution >= 4 is 38.0 Å². The van der Waals surface area contributed by atoms with Gasteiger partial charge in [0.15, 0.2) is 0 Å².